The summed E-state index contributed by atoms with van der Waals surface area (Å²) in [5.41, 5.74) is 7.35. The van der Waals surface area contributed by atoms with Gasteiger partial charge >= 0.3 is 0 Å². The van der Waals surface area contributed by atoms with E-state index in [1.54, 1.807) is 0 Å². The van der Waals surface area contributed by atoms with E-state index in [-0.39, 0.29) is 0 Å². The van der Waals surface area contributed by atoms with Gasteiger partial charge in [-0.3, -0.25) is 0 Å². The molecule has 3 aromatic heterocycles. The van der Waals surface area contributed by atoms with Gasteiger partial charge in [-0.05, 0) is 35.0 Å². The molecule has 0 radical (unpaired) electrons. The highest BCUT2D eigenvalue weighted by atomic mass is 14.9. The van der Waals surface area contributed by atoms with Crippen molar-refractivity contribution in [1.29, 1.82) is 0 Å². The summed E-state index contributed by atoms with van der Waals surface area (Å²) in [5, 5.41) is 5.89. The zero-order valence-corrected chi connectivity index (χ0v) is 22.0. The molecule has 0 fully saturated rings. The number of rotatable bonds is 4. The fourth-order valence-electron chi connectivity index (χ4n) is 5.35. The van der Waals surface area contributed by atoms with Gasteiger partial charge in [0.1, 0.15) is 11.6 Å². The number of nitrogens with one attached hydrogen (secondary N) is 2. The van der Waals surface area contributed by atoms with Crippen molar-refractivity contribution in [2.45, 2.75) is 39.5 Å². The minimum Gasteiger partial charge on any atom is -0.342 e. The number of benzene rings is 4. The number of imidazole rings is 2. The van der Waals surface area contributed by atoms with Crippen LogP contribution in [0.15, 0.2) is 79.0 Å². The van der Waals surface area contributed by atoms with Gasteiger partial charge in [-0.15, -0.1) is 0 Å². The molecule has 0 aliphatic rings. The first-order chi connectivity index (χ1) is 18.5. The predicted molar refractivity (Wildman–Crippen MR) is 158 cm³/mol. The minimum absolute atomic E-state index is 0.336. The Hall–Kier alpha value is -4.51. The number of nitrogens with zero attached hydrogens (tertiary/aromatic N) is 3. The summed E-state index contributed by atoms with van der Waals surface area (Å²) in [6, 6.07) is 25.9. The summed E-state index contributed by atoms with van der Waals surface area (Å²) in [7, 11) is 0. The lowest BCUT2D eigenvalue weighted by atomic mass is 9.97. The fraction of sp³-hybridized carbons (Fsp3) is 0.182. The normalized spacial score (nSPS) is 12.2. The lowest BCUT2D eigenvalue weighted by molar-refractivity contribution is 0.795. The maximum absolute atomic E-state index is 5.04. The third kappa shape index (κ3) is 3.58. The van der Waals surface area contributed by atoms with Crippen molar-refractivity contribution < 1.29 is 0 Å². The standard InChI is InChI=1S/C33H29N5/c1-18(2)32-34-17-29(36-32)21-11-14-27-20(15-21)10-13-28(35-27)22-9-12-25-26(16-22)23-7-5-6-8-24(23)30-31(25)38-33(37-30)19(3)4/h5-19H,1-4H3,(H,34,36)(H,37,38). The van der Waals surface area contributed by atoms with Crippen LogP contribution in [0.25, 0.3) is 66.0 Å². The van der Waals surface area contributed by atoms with Crippen molar-refractivity contribution in [2.75, 3.05) is 0 Å². The Labute approximate surface area is 221 Å². The van der Waals surface area contributed by atoms with E-state index in [1.807, 2.05) is 6.20 Å². The number of aromatic nitrogens is 5. The van der Waals surface area contributed by atoms with Gasteiger partial charge in [0.05, 0.1) is 34.1 Å². The predicted octanol–water partition coefficient (Wildman–Crippen LogP) is 8.72. The molecule has 5 nitrogen and oxygen atoms in total. The van der Waals surface area contributed by atoms with E-state index in [9.17, 15) is 0 Å². The third-order valence-corrected chi connectivity index (χ3v) is 7.47. The highest BCUT2D eigenvalue weighted by Crippen LogP contribution is 2.37. The molecule has 0 amide bonds. The van der Waals surface area contributed by atoms with Gasteiger partial charge < -0.3 is 9.97 Å². The van der Waals surface area contributed by atoms with Gasteiger partial charge in [0.15, 0.2) is 0 Å². The van der Waals surface area contributed by atoms with Crippen LogP contribution in [-0.4, -0.2) is 24.9 Å². The van der Waals surface area contributed by atoms with Crippen LogP contribution < -0.4 is 0 Å². The second-order valence-corrected chi connectivity index (χ2v) is 10.7. The highest BCUT2D eigenvalue weighted by Gasteiger charge is 2.15. The van der Waals surface area contributed by atoms with Crippen LogP contribution in [0.5, 0.6) is 0 Å². The summed E-state index contributed by atoms with van der Waals surface area (Å²) < 4.78 is 0. The third-order valence-electron chi connectivity index (χ3n) is 7.47. The molecule has 0 unspecified atom stereocenters. The van der Waals surface area contributed by atoms with E-state index in [0.29, 0.717) is 11.8 Å². The van der Waals surface area contributed by atoms with Gasteiger partial charge in [-0.1, -0.05) is 76.2 Å². The first-order valence-corrected chi connectivity index (χ1v) is 13.3. The Morgan fingerprint density at radius 2 is 1.42 bits per heavy atom. The monoisotopic (exact) mass is 495 g/mol. The quantitative estimate of drug-likeness (QED) is 0.240. The molecular formula is C33H29N5. The van der Waals surface area contributed by atoms with Gasteiger partial charge in [0, 0.05) is 39.1 Å². The highest BCUT2D eigenvalue weighted by molar-refractivity contribution is 6.23. The Morgan fingerprint density at radius 3 is 2.21 bits per heavy atom. The van der Waals surface area contributed by atoms with Crippen LogP contribution in [-0.2, 0) is 0 Å². The van der Waals surface area contributed by atoms with E-state index in [0.717, 1.165) is 56.1 Å². The summed E-state index contributed by atoms with van der Waals surface area (Å²) in [5.74, 6) is 2.73. The number of pyridine rings is 1. The Kier molecular flexibility index (Phi) is 5.08. The summed E-state index contributed by atoms with van der Waals surface area (Å²) in [4.78, 5) is 21.6. The molecular weight excluding hydrogens is 466 g/mol. The fourth-order valence-corrected chi connectivity index (χ4v) is 5.35. The van der Waals surface area contributed by atoms with Crippen LogP contribution in [0.3, 0.4) is 0 Å². The summed E-state index contributed by atoms with van der Waals surface area (Å²) in [6.07, 6.45) is 1.92. The lowest BCUT2D eigenvalue weighted by Gasteiger charge is -2.09. The number of fused-ring (bicyclic) bond motifs is 7. The number of hydrogen-bond acceptors (Lipinski definition) is 3. The van der Waals surface area contributed by atoms with Crippen molar-refractivity contribution in [3.8, 4) is 22.5 Å². The number of hydrogen-bond donors (Lipinski definition) is 2. The Bertz CT molecular complexity index is 1990. The van der Waals surface area contributed by atoms with E-state index >= 15 is 0 Å². The molecule has 186 valence electrons. The van der Waals surface area contributed by atoms with Gasteiger partial charge in [-0.25, -0.2) is 15.0 Å². The van der Waals surface area contributed by atoms with Crippen LogP contribution in [0.2, 0.25) is 0 Å². The van der Waals surface area contributed by atoms with Gasteiger partial charge in [-0.2, -0.15) is 0 Å². The molecule has 0 bridgehead atoms. The van der Waals surface area contributed by atoms with Crippen LogP contribution in [0.1, 0.15) is 51.2 Å². The van der Waals surface area contributed by atoms with Crippen LogP contribution in [0, 0.1) is 0 Å². The van der Waals surface area contributed by atoms with Gasteiger partial charge in [0.2, 0.25) is 0 Å². The maximum Gasteiger partial charge on any atom is 0.109 e. The van der Waals surface area contributed by atoms with Crippen LogP contribution >= 0.6 is 0 Å². The number of H-pyrrole nitrogens is 2. The topological polar surface area (TPSA) is 70.2 Å². The molecule has 7 aromatic rings. The molecule has 0 saturated carbocycles. The van der Waals surface area contributed by atoms with Crippen molar-refractivity contribution in [3.05, 3.63) is 90.6 Å². The molecule has 4 aromatic carbocycles. The largest absolute Gasteiger partial charge is 0.342 e. The van der Waals surface area contributed by atoms with Crippen molar-refractivity contribution in [2.24, 2.45) is 0 Å². The molecule has 5 heteroatoms. The molecule has 0 spiro atoms. The van der Waals surface area contributed by atoms with Crippen molar-refractivity contribution >= 4 is 43.5 Å². The molecule has 0 atom stereocenters. The van der Waals surface area contributed by atoms with Crippen molar-refractivity contribution in [3.63, 3.8) is 0 Å². The second-order valence-electron chi connectivity index (χ2n) is 10.7. The van der Waals surface area contributed by atoms with E-state index in [1.165, 1.54) is 21.5 Å². The number of aromatic amines is 2. The smallest absolute Gasteiger partial charge is 0.109 e. The molecule has 7 rings (SSSR count). The van der Waals surface area contributed by atoms with E-state index in [2.05, 4.69) is 115 Å². The van der Waals surface area contributed by atoms with Gasteiger partial charge in [0.25, 0.3) is 0 Å². The summed E-state index contributed by atoms with van der Waals surface area (Å²) in [6.45, 7) is 8.63. The molecule has 38 heavy (non-hydrogen) atoms. The van der Waals surface area contributed by atoms with Crippen molar-refractivity contribution in [1.82, 2.24) is 24.9 Å². The Morgan fingerprint density at radius 1 is 0.632 bits per heavy atom. The molecule has 0 aliphatic heterocycles. The summed E-state index contributed by atoms with van der Waals surface area (Å²) >= 11 is 0. The SMILES string of the molecule is CC(C)c1ncc(-c2ccc3nc(-c4ccc5c(c4)c4ccccc4c4nc(C(C)C)[nH]c54)ccc3c2)[nH]1. The average molecular weight is 496 g/mol. The molecule has 3 heterocycles. The Balaban J connectivity index is 1.35. The van der Waals surface area contributed by atoms with E-state index < -0.39 is 0 Å². The first-order valence-electron chi connectivity index (χ1n) is 13.3. The van der Waals surface area contributed by atoms with E-state index in [4.69, 9.17) is 9.97 Å². The zero-order chi connectivity index (χ0) is 26.0. The molecule has 0 saturated heterocycles. The van der Waals surface area contributed by atoms with Crippen LogP contribution in [0.4, 0.5) is 0 Å². The lowest BCUT2D eigenvalue weighted by Crippen LogP contribution is -1.90. The second kappa shape index (κ2) is 8.52. The minimum atomic E-state index is 0.336. The average Bonchev–Trinajstić information content (AvgIpc) is 3.61. The zero-order valence-electron chi connectivity index (χ0n) is 22.0. The first kappa shape index (κ1) is 22.7. The molecule has 0 aliphatic carbocycles. The maximum atomic E-state index is 5.04. The molecule has 2 N–H and O–H groups in total.